The highest BCUT2D eigenvalue weighted by Gasteiger charge is 2.40. The third kappa shape index (κ3) is 3.81. The summed E-state index contributed by atoms with van der Waals surface area (Å²) in [5.74, 6) is 0.258. The van der Waals surface area contributed by atoms with Crippen LogP contribution in [0.4, 0.5) is 13.2 Å². The lowest BCUT2D eigenvalue weighted by Gasteiger charge is -2.21. The molecule has 15 heavy (non-hydrogen) atoms. The molecule has 1 aromatic rings. The Labute approximate surface area is 86.9 Å². The fourth-order valence-electron chi connectivity index (χ4n) is 1.21. The van der Waals surface area contributed by atoms with E-state index < -0.39 is 12.3 Å². The molecule has 4 heteroatoms. The zero-order valence-corrected chi connectivity index (χ0v) is 8.42. The molecule has 0 amide bonds. The fourth-order valence-corrected chi connectivity index (χ4v) is 1.21. The van der Waals surface area contributed by atoms with Gasteiger partial charge in [-0.1, -0.05) is 31.5 Å². The number of hydrogen-bond donors (Lipinski definition) is 0. The van der Waals surface area contributed by atoms with Gasteiger partial charge in [0.25, 0.3) is 0 Å². The van der Waals surface area contributed by atoms with Crippen LogP contribution in [0.15, 0.2) is 30.3 Å². The van der Waals surface area contributed by atoms with Crippen LogP contribution in [0.25, 0.3) is 0 Å². The maximum atomic E-state index is 12.5. The molecule has 0 aliphatic rings. The Morgan fingerprint density at radius 3 is 2.27 bits per heavy atom. The number of hydrogen-bond acceptors (Lipinski definition) is 1. The van der Waals surface area contributed by atoms with Gasteiger partial charge in [-0.25, -0.2) is 0 Å². The van der Waals surface area contributed by atoms with Crippen LogP contribution in [0.3, 0.4) is 0 Å². The molecule has 1 nitrogen and oxygen atoms in total. The first-order chi connectivity index (χ1) is 7.04. The van der Waals surface area contributed by atoms with Gasteiger partial charge in [0.2, 0.25) is 0 Å². The summed E-state index contributed by atoms with van der Waals surface area (Å²) in [6, 6.07) is 8.07. The molecule has 84 valence electrons. The average molecular weight is 218 g/mol. The lowest BCUT2D eigenvalue weighted by atomic mass is 10.2. The molecule has 0 fully saturated rings. The Hall–Kier alpha value is -1.19. The maximum absolute atomic E-state index is 12.5. The van der Waals surface area contributed by atoms with Crippen molar-refractivity contribution in [1.29, 1.82) is 0 Å². The molecule has 0 aliphatic heterocycles. The zero-order valence-electron chi connectivity index (χ0n) is 8.42. The van der Waals surface area contributed by atoms with Crippen LogP contribution >= 0.6 is 0 Å². The third-order valence-corrected chi connectivity index (χ3v) is 1.94. The van der Waals surface area contributed by atoms with Crippen molar-refractivity contribution in [2.24, 2.45) is 0 Å². The van der Waals surface area contributed by atoms with Crippen molar-refractivity contribution < 1.29 is 17.9 Å². The maximum Gasteiger partial charge on any atom is 0.425 e. The minimum atomic E-state index is -4.30. The summed E-state index contributed by atoms with van der Waals surface area (Å²) in [4.78, 5) is 0. The molecule has 0 spiro atoms. The van der Waals surface area contributed by atoms with Gasteiger partial charge >= 0.3 is 6.18 Å². The van der Waals surface area contributed by atoms with E-state index in [0.717, 1.165) is 0 Å². The summed E-state index contributed by atoms with van der Waals surface area (Å²) in [5.41, 5.74) is 0. The number of benzene rings is 1. The van der Waals surface area contributed by atoms with Gasteiger partial charge in [-0.05, 0) is 18.6 Å². The first-order valence-corrected chi connectivity index (χ1v) is 4.82. The first kappa shape index (κ1) is 11.9. The third-order valence-electron chi connectivity index (χ3n) is 1.94. The Kier molecular flexibility index (Phi) is 4.00. The molecular formula is C11H13F3O. The van der Waals surface area contributed by atoms with Gasteiger partial charge in [0, 0.05) is 0 Å². The Morgan fingerprint density at radius 2 is 1.80 bits per heavy atom. The van der Waals surface area contributed by atoms with Gasteiger partial charge in [0.15, 0.2) is 6.10 Å². The molecule has 1 atom stereocenters. The van der Waals surface area contributed by atoms with Crippen LogP contribution in [0, 0.1) is 0 Å². The largest absolute Gasteiger partial charge is 0.481 e. The van der Waals surface area contributed by atoms with Crippen LogP contribution in [-0.4, -0.2) is 12.3 Å². The van der Waals surface area contributed by atoms with Gasteiger partial charge in [-0.2, -0.15) is 13.2 Å². The second-order valence-electron chi connectivity index (χ2n) is 3.25. The molecule has 0 aliphatic carbocycles. The van der Waals surface area contributed by atoms with Crippen LogP contribution in [0.2, 0.25) is 0 Å². The van der Waals surface area contributed by atoms with Crippen molar-refractivity contribution in [3.8, 4) is 5.75 Å². The normalized spacial score (nSPS) is 13.6. The monoisotopic (exact) mass is 218 g/mol. The summed E-state index contributed by atoms with van der Waals surface area (Å²) in [6.07, 6.45) is -5.58. The van der Waals surface area contributed by atoms with E-state index in [1.165, 1.54) is 12.1 Å². The molecule has 1 rings (SSSR count). The summed E-state index contributed by atoms with van der Waals surface area (Å²) < 4.78 is 42.3. The van der Waals surface area contributed by atoms with Crippen molar-refractivity contribution in [2.75, 3.05) is 0 Å². The molecule has 0 heterocycles. The molecule has 0 bridgehead atoms. The smallest absolute Gasteiger partial charge is 0.425 e. The SMILES string of the molecule is CCCC(Oc1ccccc1)C(F)(F)F. The second-order valence-corrected chi connectivity index (χ2v) is 3.25. The standard InChI is InChI=1S/C11H13F3O/c1-2-6-10(11(12,13)14)15-9-7-4-3-5-8-9/h3-5,7-8,10H,2,6H2,1H3. The van der Waals surface area contributed by atoms with Crippen molar-refractivity contribution in [3.63, 3.8) is 0 Å². The first-order valence-electron chi connectivity index (χ1n) is 4.82. The Balaban J connectivity index is 2.67. The van der Waals surface area contributed by atoms with E-state index in [-0.39, 0.29) is 12.2 Å². The van der Waals surface area contributed by atoms with E-state index in [9.17, 15) is 13.2 Å². The summed E-state index contributed by atoms with van der Waals surface area (Å²) in [6.45, 7) is 1.70. The number of halogens is 3. The van der Waals surface area contributed by atoms with E-state index in [1.54, 1.807) is 25.1 Å². The minimum Gasteiger partial charge on any atom is -0.481 e. The molecule has 1 aromatic carbocycles. The van der Waals surface area contributed by atoms with Crippen LogP contribution in [0.1, 0.15) is 19.8 Å². The van der Waals surface area contributed by atoms with Crippen molar-refractivity contribution >= 4 is 0 Å². The predicted molar refractivity (Wildman–Crippen MR) is 51.8 cm³/mol. The highest BCUT2D eigenvalue weighted by Crippen LogP contribution is 2.27. The molecule has 0 saturated carbocycles. The number of alkyl halides is 3. The van der Waals surface area contributed by atoms with Gasteiger partial charge in [-0.3, -0.25) is 0 Å². The van der Waals surface area contributed by atoms with E-state index in [0.29, 0.717) is 6.42 Å². The highest BCUT2D eigenvalue weighted by atomic mass is 19.4. The lowest BCUT2D eigenvalue weighted by Crippen LogP contribution is -2.34. The van der Waals surface area contributed by atoms with E-state index in [2.05, 4.69) is 0 Å². The van der Waals surface area contributed by atoms with Gasteiger partial charge in [-0.15, -0.1) is 0 Å². The average Bonchev–Trinajstić information content (AvgIpc) is 2.17. The fraction of sp³-hybridized carbons (Fsp3) is 0.455. The summed E-state index contributed by atoms with van der Waals surface area (Å²) >= 11 is 0. The quantitative estimate of drug-likeness (QED) is 0.746. The molecule has 0 N–H and O–H groups in total. The van der Waals surface area contributed by atoms with Gasteiger partial charge < -0.3 is 4.74 Å². The predicted octanol–water partition coefficient (Wildman–Crippen LogP) is 3.80. The molecule has 0 saturated heterocycles. The summed E-state index contributed by atoms with van der Waals surface area (Å²) in [5, 5.41) is 0. The number of rotatable bonds is 4. The highest BCUT2D eigenvalue weighted by molar-refractivity contribution is 5.21. The van der Waals surface area contributed by atoms with Crippen LogP contribution in [-0.2, 0) is 0 Å². The van der Waals surface area contributed by atoms with Crippen molar-refractivity contribution in [1.82, 2.24) is 0 Å². The molecule has 0 aromatic heterocycles. The number of ether oxygens (including phenoxy) is 1. The van der Waals surface area contributed by atoms with Gasteiger partial charge in [0.1, 0.15) is 5.75 Å². The van der Waals surface area contributed by atoms with Crippen molar-refractivity contribution in [2.45, 2.75) is 32.0 Å². The van der Waals surface area contributed by atoms with Crippen LogP contribution < -0.4 is 4.74 Å². The molecule has 1 unspecified atom stereocenters. The van der Waals surface area contributed by atoms with Crippen LogP contribution in [0.5, 0.6) is 5.75 Å². The topological polar surface area (TPSA) is 9.23 Å². The lowest BCUT2D eigenvalue weighted by molar-refractivity contribution is -0.196. The van der Waals surface area contributed by atoms with E-state index in [4.69, 9.17) is 4.74 Å². The number of para-hydroxylation sites is 1. The Bertz CT molecular complexity index is 282. The van der Waals surface area contributed by atoms with E-state index >= 15 is 0 Å². The minimum absolute atomic E-state index is 0.0155. The van der Waals surface area contributed by atoms with Crippen molar-refractivity contribution in [3.05, 3.63) is 30.3 Å². The molecular weight excluding hydrogens is 205 g/mol. The van der Waals surface area contributed by atoms with E-state index in [1.807, 2.05) is 0 Å². The van der Waals surface area contributed by atoms with Gasteiger partial charge in [0.05, 0.1) is 0 Å². The Morgan fingerprint density at radius 1 is 1.20 bits per heavy atom. The summed E-state index contributed by atoms with van der Waals surface area (Å²) in [7, 11) is 0. The second kappa shape index (κ2) is 5.05. The molecule has 0 radical (unpaired) electrons. The zero-order chi connectivity index (χ0) is 11.3.